The lowest BCUT2D eigenvalue weighted by Crippen LogP contribution is -2.28. The summed E-state index contributed by atoms with van der Waals surface area (Å²) in [6.07, 6.45) is 5.83. The topological polar surface area (TPSA) is 44.0 Å². The molecule has 1 aliphatic carbocycles. The van der Waals surface area contributed by atoms with Crippen LogP contribution in [0, 0.1) is 29.5 Å². The molecule has 3 heteroatoms. The molecule has 1 fully saturated rings. The first-order chi connectivity index (χ1) is 9.59. The molecule has 0 amide bonds. The second kappa shape index (κ2) is 6.37. The number of hydrogen-bond acceptors (Lipinski definition) is 2. The number of aliphatic hydroxyl groups is 1. The van der Waals surface area contributed by atoms with E-state index in [1.54, 1.807) is 19.1 Å². The van der Waals surface area contributed by atoms with Crippen LogP contribution in [-0.2, 0) is 0 Å². The molecular formula is C17H22FNO. The monoisotopic (exact) mass is 275 g/mol. The van der Waals surface area contributed by atoms with Crippen molar-refractivity contribution in [1.82, 2.24) is 0 Å². The number of benzene rings is 1. The zero-order valence-corrected chi connectivity index (χ0v) is 12.0. The molecule has 0 spiro atoms. The summed E-state index contributed by atoms with van der Waals surface area (Å²) >= 11 is 0. The Morgan fingerprint density at radius 3 is 2.35 bits per heavy atom. The largest absolute Gasteiger partial charge is 0.387 e. The van der Waals surface area contributed by atoms with Crippen molar-refractivity contribution in [2.24, 2.45) is 5.41 Å². The zero-order valence-electron chi connectivity index (χ0n) is 12.0. The molecule has 2 rings (SSSR count). The van der Waals surface area contributed by atoms with Gasteiger partial charge in [0.2, 0.25) is 0 Å². The minimum atomic E-state index is -0.902. The Bertz CT molecular complexity index is 498. The van der Waals surface area contributed by atoms with Crippen LogP contribution in [-0.4, -0.2) is 5.11 Å². The first-order valence-corrected chi connectivity index (χ1v) is 7.44. The van der Waals surface area contributed by atoms with Gasteiger partial charge in [-0.25, -0.2) is 4.39 Å². The van der Waals surface area contributed by atoms with Gasteiger partial charge in [-0.1, -0.05) is 44.2 Å². The van der Waals surface area contributed by atoms with Crippen LogP contribution in [0.2, 0.25) is 0 Å². The highest BCUT2D eigenvalue weighted by atomic mass is 19.1. The van der Waals surface area contributed by atoms with Gasteiger partial charge in [0.25, 0.3) is 0 Å². The molecule has 1 aromatic carbocycles. The van der Waals surface area contributed by atoms with Crippen LogP contribution >= 0.6 is 0 Å². The molecule has 1 N–H and O–H groups in total. The van der Waals surface area contributed by atoms with E-state index in [0.29, 0.717) is 24.0 Å². The van der Waals surface area contributed by atoms with Crippen molar-refractivity contribution >= 4 is 0 Å². The molecular weight excluding hydrogens is 253 g/mol. The van der Waals surface area contributed by atoms with Gasteiger partial charge in [0.1, 0.15) is 5.82 Å². The van der Waals surface area contributed by atoms with Gasteiger partial charge >= 0.3 is 0 Å². The normalized spacial score (nSPS) is 20.5. The summed E-state index contributed by atoms with van der Waals surface area (Å²) in [5, 5.41) is 20.2. The first kappa shape index (κ1) is 15.0. The minimum Gasteiger partial charge on any atom is -0.387 e. The van der Waals surface area contributed by atoms with E-state index in [9.17, 15) is 14.8 Å². The van der Waals surface area contributed by atoms with Crippen LogP contribution in [0.25, 0.3) is 0 Å². The summed E-state index contributed by atoms with van der Waals surface area (Å²) in [5.41, 5.74) is 0.321. The van der Waals surface area contributed by atoms with E-state index in [-0.39, 0.29) is 5.82 Å². The van der Waals surface area contributed by atoms with E-state index in [1.807, 2.05) is 0 Å². The third-order valence-electron chi connectivity index (χ3n) is 4.50. The molecule has 1 unspecified atom stereocenters. The minimum absolute atomic E-state index is 0.319. The number of nitriles is 1. The Balaban J connectivity index is 2.28. The second-order valence-electron chi connectivity index (χ2n) is 5.95. The van der Waals surface area contributed by atoms with Crippen molar-refractivity contribution in [3.8, 4) is 6.07 Å². The molecule has 2 nitrogen and oxygen atoms in total. The highest BCUT2D eigenvalue weighted by molar-refractivity contribution is 5.28. The van der Waals surface area contributed by atoms with Gasteiger partial charge in [0.05, 0.1) is 17.6 Å². The molecule has 20 heavy (non-hydrogen) atoms. The molecule has 0 aromatic heterocycles. The highest BCUT2D eigenvalue weighted by Gasteiger charge is 2.39. The number of aryl methyl sites for hydroxylation is 1. The lowest BCUT2D eigenvalue weighted by atomic mass is 9.71. The van der Waals surface area contributed by atoms with Crippen molar-refractivity contribution in [2.75, 3.05) is 0 Å². The fraction of sp³-hybridized carbons (Fsp3) is 0.588. The standard InChI is InChI=1S/C17H22FNO/c1-13-7-8-14(11-15(13)18)16(20)17(12-19)9-5-3-2-4-6-10-17/h7-8,11,16,20H,2-6,9-10H2,1H3. The Morgan fingerprint density at radius 2 is 1.80 bits per heavy atom. The van der Waals surface area contributed by atoms with Crippen molar-refractivity contribution in [1.29, 1.82) is 5.26 Å². The van der Waals surface area contributed by atoms with Crippen LogP contribution in [0.4, 0.5) is 4.39 Å². The molecule has 0 heterocycles. The summed E-state index contributed by atoms with van der Waals surface area (Å²) in [5.74, 6) is -0.319. The smallest absolute Gasteiger partial charge is 0.126 e. The Labute approximate surface area is 120 Å². The molecule has 0 radical (unpaired) electrons. The SMILES string of the molecule is Cc1ccc(C(O)C2(C#N)CCCCCCC2)cc1F. The molecule has 1 atom stereocenters. The van der Waals surface area contributed by atoms with Gasteiger partial charge in [-0.15, -0.1) is 0 Å². The van der Waals surface area contributed by atoms with Crippen LogP contribution in [0.3, 0.4) is 0 Å². The molecule has 0 saturated heterocycles. The van der Waals surface area contributed by atoms with Gasteiger partial charge in [-0.05, 0) is 37.0 Å². The van der Waals surface area contributed by atoms with Gasteiger partial charge < -0.3 is 5.11 Å². The lowest BCUT2D eigenvalue weighted by Gasteiger charge is -2.33. The van der Waals surface area contributed by atoms with Crippen LogP contribution in [0.1, 0.15) is 62.2 Å². The van der Waals surface area contributed by atoms with E-state index in [1.165, 1.54) is 12.5 Å². The number of aliphatic hydroxyl groups excluding tert-OH is 1. The molecule has 1 aromatic rings. The lowest BCUT2D eigenvalue weighted by molar-refractivity contribution is 0.0432. The third-order valence-corrected chi connectivity index (χ3v) is 4.50. The highest BCUT2D eigenvalue weighted by Crippen LogP contribution is 2.44. The summed E-state index contributed by atoms with van der Waals surface area (Å²) in [6, 6.07) is 7.12. The van der Waals surface area contributed by atoms with Gasteiger partial charge in [0.15, 0.2) is 0 Å². The number of nitrogens with zero attached hydrogens (tertiary/aromatic N) is 1. The second-order valence-corrected chi connectivity index (χ2v) is 5.95. The summed E-state index contributed by atoms with van der Waals surface area (Å²) in [7, 11) is 0. The van der Waals surface area contributed by atoms with E-state index < -0.39 is 11.5 Å². The molecule has 1 saturated carbocycles. The number of rotatable bonds is 2. The number of halogens is 1. The fourth-order valence-electron chi connectivity index (χ4n) is 3.08. The Morgan fingerprint density at radius 1 is 1.20 bits per heavy atom. The van der Waals surface area contributed by atoms with E-state index in [4.69, 9.17) is 0 Å². The Hall–Kier alpha value is -1.40. The quantitative estimate of drug-likeness (QED) is 0.868. The maximum Gasteiger partial charge on any atom is 0.126 e. The molecule has 0 bridgehead atoms. The average Bonchev–Trinajstić information content (AvgIpc) is 2.42. The summed E-state index contributed by atoms with van der Waals surface area (Å²) in [4.78, 5) is 0. The van der Waals surface area contributed by atoms with Crippen molar-refractivity contribution in [3.05, 3.63) is 35.1 Å². The molecule has 108 valence electrons. The number of hydrogen-bond donors (Lipinski definition) is 1. The molecule has 0 aliphatic heterocycles. The van der Waals surface area contributed by atoms with E-state index in [0.717, 1.165) is 25.7 Å². The predicted molar refractivity (Wildman–Crippen MR) is 76.5 cm³/mol. The predicted octanol–water partition coefficient (Wildman–Crippen LogP) is 4.42. The van der Waals surface area contributed by atoms with Crippen LogP contribution in [0.5, 0.6) is 0 Å². The van der Waals surface area contributed by atoms with Crippen molar-refractivity contribution in [3.63, 3.8) is 0 Å². The van der Waals surface area contributed by atoms with Gasteiger partial charge in [-0.3, -0.25) is 0 Å². The van der Waals surface area contributed by atoms with E-state index in [2.05, 4.69) is 6.07 Å². The Kier molecular flexibility index (Phi) is 4.77. The maximum atomic E-state index is 13.7. The van der Waals surface area contributed by atoms with E-state index >= 15 is 0 Å². The van der Waals surface area contributed by atoms with Gasteiger partial charge in [0, 0.05) is 0 Å². The van der Waals surface area contributed by atoms with Crippen molar-refractivity contribution < 1.29 is 9.50 Å². The van der Waals surface area contributed by atoms with Crippen LogP contribution in [0.15, 0.2) is 18.2 Å². The van der Waals surface area contributed by atoms with Crippen LogP contribution < -0.4 is 0 Å². The summed E-state index contributed by atoms with van der Waals surface area (Å²) < 4.78 is 13.7. The van der Waals surface area contributed by atoms with Gasteiger partial charge in [-0.2, -0.15) is 5.26 Å². The zero-order chi connectivity index (χ0) is 14.6. The first-order valence-electron chi connectivity index (χ1n) is 7.44. The molecule has 1 aliphatic rings. The third kappa shape index (κ3) is 3.02. The average molecular weight is 275 g/mol. The fourth-order valence-corrected chi connectivity index (χ4v) is 3.08. The summed E-state index contributed by atoms with van der Waals surface area (Å²) in [6.45, 7) is 1.70. The van der Waals surface area contributed by atoms with Crippen molar-refractivity contribution in [2.45, 2.75) is 58.0 Å². The maximum absolute atomic E-state index is 13.7.